The fraction of sp³-hybridized carbons (Fsp3) is 0.150. The summed E-state index contributed by atoms with van der Waals surface area (Å²) in [5.74, 6) is -1.16. The predicted molar refractivity (Wildman–Crippen MR) is 114 cm³/mol. The molecule has 2 aromatic rings. The first kappa shape index (κ1) is 20.6. The van der Waals surface area contributed by atoms with Crippen molar-refractivity contribution in [1.29, 1.82) is 0 Å². The minimum absolute atomic E-state index is 0.0436. The average Bonchev–Trinajstić information content (AvgIpc) is 2.68. The van der Waals surface area contributed by atoms with E-state index in [-0.39, 0.29) is 27.9 Å². The van der Waals surface area contributed by atoms with E-state index in [1.165, 1.54) is 37.3 Å². The SMILES string of the molecule is COc1cc(/C=C2\C(=O)NC(=S)N(c3ccc(C)c(Cl)c3)C2=O)cc(OC)c1O. The van der Waals surface area contributed by atoms with E-state index in [2.05, 4.69) is 5.32 Å². The molecule has 0 aliphatic carbocycles. The molecule has 1 fully saturated rings. The van der Waals surface area contributed by atoms with Crippen molar-refractivity contribution in [3.63, 3.8) is 0 Å². The van der Waals surface area contributed by atoms with Gasteiger partial charge in [-0.05, 0) is 60.6 Å². The van der Waals surface area contributed by atoms with E-state index in [1.54, 1.807) is 18.2 Å². The molecule has 2 N–H and O–H groups in total. The van der Waals surface area contributed by atoms with Crippen LogP contribution in [0.2, 0.25) is 5.02 Å². The summed E-state index contributed by atoms with van der Waals surface area (Å²) >= 11 is 11.4. The molecule has 7 nitrogen and oxygen atoms in total. The third kappa shape index (κ3) is 3.90. The normalized spacial score (nSPS) is 15.5. The van der Waals surface area contributed by atoms with Gasteiger partial charge in [-0.2, -0.15) is 0 Å². The number of aromatic hydroxyl groups is 1. The molecule has 1 saturated heterocycles. The maximum Gasteiger partial charge on any atom is 0.270 e. The fourth-order valence-corrected chi connectivity index (χ4v) is 3.23. The minimum Gasteiger partial charge on any atom is -0.502 e. The number of amides is 2. The highest BCUT2D eigenvalue weighted by molar-refractivity contribution is 7.80. The molecule has 150 valence electrons. The second-order valence-electron chi connectivity index (χ2n) is 6.17. The second kappa shape index (κ2) is 8.10. The van der Waals surface area contributed by atoms with Gasteiger partial charge in [0.05, 0.1) is 19.9 Å². The summed E-state index contributed by atoms with van der Waals surface area (Å²) in [5, 5.41) is 13.0. The quantitative estimate of drug-likeness (QED) is 0.438. The predicted octanol–water partition coefficient (Wildman–Crippen LogP) is 3.20. The fourth-order valence-electron chi connectivity index (χ4n) is 2.78. The van der Waals surface area contributed by atoms with Crippen LogP contribution in [0.3, 0.4) is 0 Å². The summed E-state index contributed by atoms with van der Waals surface area (Å²) in [5.41, 5.74) is 1.55. The van der Waals surface area contributed by atoms with Crippen molar-refractivity contribution >= 4 is 52.5 Å². The molecule has 0 unspecified atom stereocenters. The van der Waals surface area contributed by atoms with E-state index in [9.17, 15) is 14.7 Å². The molecule has 0 bridgehead atoms. The number of benzene rings is 2. The highest BCUT2D eigenvalue weighted by Crippen LogP contribution is 2.38. The Balaban J connectivity index is 2.07. The number of halogens is 1. The number of thiocarbonyl (C=S) groups is 1. The molecule has 0 aromatic heterocycles. The molecular weight excluding hydrogens is 416 g/mol. The molecule has 29 heavy (non-hydrogen) atoms. The summed E-state index contributed by atoms with van der Waals surface area (Å²) < 4.78 is 10.2. The average molecular weight is 433 g/mol. The first-order valence-corrected chi connectivity index (χ1v) is 9.18. The zero-order valence-electron chi connectivity index (χ0n) is 15.8. The number of methoxy groups -OCH3 is 2. The zero-order valence-corrected chi connectivity index (χ0v) is 17.4. The lowest BCUT2D eigenvalue weighted by molar-refractivity contribution is -0.122. The first-order chi connectivity index (χ1) is 13.8. The number of carbonyl (C=O) groups excluding carboxylic acids is 2. The maximum absolute atomic E-state index is 13.1. The van der Waals surface area contributed by atoms with Gasteiger partial charge in [0.25, 0.3) is 11.8 Å². The van der Waals surface area contributed by atoms with Crippen molar-refractivity contribution in [2.24, 2.45) is 0 Å². The van der Waals surface area contributed by atoms with Crippen molar-refractivity contribution < 1.29 is 24.2 Å². The molecule has 1 aliphatic rings. The van der Waals surface area contributed by atoms with Gasteiger partial charge in [-0.1, -0.05) is 17.7 Å². The zero-order chi connectivity index (χ0) is 21.3. The number of phenols is 1. The van der Waals surface area contributed by atoms with Gasteiger partial charge < -0.3 is 14.6 Å². The molecule has 0 saturated carbocycles. The minimum atomic E-state index is -0.638. The Labute approximate surface area is 177 Å². The van der Waals surface area contributed by atoms with Crippen LogP contribution >= 0.6 is 23.8 Å². The molecule has 1 aliphatic heterocycles. The summed E-state index contributed by atoms with van der Waals surface area (Å²) in [6, 6.07) is 8.00. The Hall–Kier alpha value is -3.10. The van der Waals surface area contributed by atoms with E-state index < -0.39 is 11.8 Å². The third-order valence-electron chi connectivity index (χ3n) is 4.33. The van der Waals surface area contributed by atoms with Gasteiger partial charge in [0.1, 0.15) is 5.57 Å². The summed E-state index contributed by atoms with van der Waals surface area (Å²) in [7, 11) is 2.76. The van der Waals surface area contributed by atoms with Crippen molar-refractivity contribution in [2.75, 3.05) is 19.1 Å². The van der Waals surface area contributed by atoms with Crippen LogP contribution in [0, 0.1) is 6.92 Å². The van der Waals surface area contributed by atoms with Gasteiger partial charge in [0, 0.05) is 5.02 Å². The van der Waals surface area contributed by atoms with Crippen LogP contribution in [0.4, 0.5) is 5.69 Å². The molecule has 3 rings (SSSR count). The van der Waals surface area contributed by atoms with Crippen molar-refractivity contribution in [2.45, 2.75) is 6.92 Å². The van der Waals surface area contributed by atoms with Gasteiger partial charge in [0.15, 0.2) is 16.6 Å². The number of hydrogen-bond donors (Lipinski definition) is 2. The first-order valence-electron chi connectivity index (χ1n) is 8.39. The molecule has 0 spiro atoms. The van der Waals surface area contributed by atoms with Gasteiger partial charge in [-0.15, -0.1) is 0 Å². The number of anilines is 1. The lowest BCUT2D eigenvalue weighted by atomic mass is 10.1. The van der Waals surface area contributed by atoms with E-state index >= 15 is 0 Å². The number of rotatable bonds is 4. The number of hydrogen-bond acceptors (Lipinski definition) is 6. The van der Waals surface area contributed by atoms with Crippen LogP contribution in [0.25, 0.3) is 6.08 Å². The Morgan fingerprint density at radius 3 is 2.31 bits per heavy atom. The van der Waals surface area contributed by atoms with Gasteiger partial charge in [-0.3, -0.25) is 19.8 Å². The number of ether oxygens (including phenoxy) is 2. The van der Waals surface area contributed by atoms with E-state index in [0.29, 0.717) is 16.3 Å². The van der Waals surface area contributed by atoms with Crippen LogP contribution in [0.1, 0.15) is 11.1 Å². The maximum atomic E-state index is 13.1. The third-order valence-corrected chi connectivity index (χ3v) is 5.02. The second-order valence-corrected chi connectivity index (χ2v) is 6.96. The summed E-state index contributed by atoms with van der Waals surface area (Å²) in [6.07, 6.45) is 1.37. The molecular formula is C20H17ClN2O5S. The number of phenolic OH excluding ortho intramolecular Hbond substituents is 1. The molecule has 9 heteroatoms. The van der Waals surface area contributed by atoms with Gasteiger partial charge in [-0.25, -0.2) is 0 Å². The van der Waals surface area contributed by atoms with Crippen molar-refractivity contribution in [1.82, 2.24) is 5.32 Å². The van der Waals surface area contributed by atoms with Crippen LogP contribution in [-0.4, -0.2) is 36.3 Å². The molecule has 0 atom stereocenters. The number of aryl methyl sites for hydroxylation is 1. The lowest BCUT2D eigenvalue weighted by Gasteiger charge is -2.29. The Morgan fingerprint density at radius 1 is 1.14 bits per heavy atom. The standard InChI is InChI=1S/C20H17ClN2O5S/c1-10-4-5-12(9-14(10)21)23-19(26)13(18(25)22-20(23)29)6-11-7-15(27-2)17(24)16(8-11)28-3/h4-9,24H,1-3H3,(H,22,25,29)/b13-6+. The van der Waals surface area contributed by atoms with E-state index in [0.717, 1.165) is 5.56 Å². The van der Waals surface area contributed by atoms with Gasteiger partial charge >= 0.3 is 0 Å². The monoisotopic (exact) mass is 432 g/mol. The van der Waals surface area contributed by atoms with Crippen LogP contribution in [-0.2, 0) is 9.59 Å². The Kier molecular flexibility index (Phi) is 5.76. The number of nitrogens with one attached hydrogen (secondary N) is 1. The summed E-state index contributed by atoms with van der Waals surface area (Å²) in [4.78, 5) is 26.7. The highest BCUT2D eigenvalue weighted by Gasteiger charge is 2.34. The molecule has 0 radical (unpaired) electrons. The van der Waals surface area contributed by atoms with E-state index in [1.807, 2.05) is 6.92 Å². The summed E-state index contributed by atoms with van der Waals surface area (Å²) in [6.45, 7) is 1.83. The van der Waals surface area contributed by atoms with Crippen LogP contribution < -0.4 is 19.7 Å². The van der Waals surface area contributed by atoms with Crippen molar-refractivity contribution in [3.05, 3.63) is 52.1 Å². The van der Waals surface area contributed by atoms with Crippen molar-refractivity contribution in [3.8, 4) is 17.2 Å². The van der Waals surface area contributed by atoms with Gasteiger partial charge in [0.2, 0.25) is 5.75 Å². The lowest BCUT2D eigenvalue weighted by Crippen LogP contribution is -2.54. The van der Waals surface area contributed by atoms with Crippen LogP contribution in [0.5, 0.6) is 17.2 Å². The Bertz CT molecular complexity index is 1040. The smallest absolute Gasteiger partial charge is 0.270 e. The number of nitrogens with zero attached hydrogens (tertiary/aromatic N) is 1. The highest BCUT2D eigenvalue weighted by atomic mass is 35.5. The molecule has 2 aromatic carbocycles. The molecule has 1 heterocycles. The molecule has 2 amide bonds. The van der Waals surface area contributed by atoms with E-state index in [4.69, 9.17) is 33.3 Å². The largest absolute Gasteiger partial charge is 0.502 e. The number of carbonyl (C=O) groups is 2. The van der Waals surface area contributed by atoms with Crippen LogP contribution in [0.15, 0.2) is 35.9 Å². The Morgan fingerprint density at radius 2 is 1.76 bits per heavy atom. The topological polar surface area (TPSA) is 88.1 Å².